The lowest BCUT2D eigenvalue weighted by atomic mass is 10.2. The number of carbonyl (C=O) groups excluding carboxylic acids is 2. The number of hydrogen-bond acceptors (Lipinski definition) is 7. The van der Waals surface area contributed by atoms with E-state index < -0.39 is 5.60 Å². The van der Waals surface area contributed by atoms with Crippen molar-refractivity contribution in [3.05, 3.63) is 0 Å². The molecule has 0 bridgehead atoms. The van der Waals surface area contributed by atoms with Crippen molar-refractivity contribution in [1.82, 2.24) is 15.1 Å². The third kappa shape index (κ3) is 11.6. The van der Waals surface area contributed by atoms with E-state index >= 15 is 0 Å². The van der Waals surface area contributed by atoms with Gasteiger partial charge in [-0.05, 0) is 20.8 Å². The Labute approximate surface area is 157 Å². The standard InChI is InChI=1S/C18H35N3O3S/c1-17(2,3)24-15(22)13-20-9-7-19-8-10-21(12-11-20)14-16(23)25-18(4,5)6/h19H,7-14H2,1-6H3. The summed E-state index contributed by atoms with van der Waals surface area (Å²) >= 11 is 1.40. The van der Waals surface area contributed by atoms with E-state index in [1.165, 1.54) is 11.8 Å². The molecule has 1 rings (SSSR count). The van der Waals surface area contributed by atoms with Crippen LogP contribution in [-0.4, -0.2) is 83.6 Å². The van der Waals surface area contributed by atoms with Gasteiger partial charge in [-0.25, -0.2) is 0 Å². The first-order valence-corrected chi connectivity index (χ1v) is 9.85. The Kier molecular flexibility index (Phi) is 8.87. The minimum atomic E-state index is -0.461. The van der Waals surface area contributed by atoms with Gasteiger partial charge in [-0.3, -0.25) is 19.4 Å². The molecule has 0 aromatic rings. The number of thioether (sulfide) groups is 1. The van der Waals surface area contributed by atoms with Gasteiger partial charge >= 0.3 is 5.97 Å². The Morgan fingerprint density at radius 1 is 0.920 bits per heavy atom. The summed E-state index contributed by atoms with van der Waals surface area (Å²) in [6, 6.07) is 0. The lowest BCUT2D eigenvalue weighted by Crippen LogP contribution is -2.41. The Hall–Kier alpha value is -0.630. The largest absolute Gasteiger partial charge is 0.459 e. The molecule has 0 atom stereocenters. The third-order valence-corrected chi connectivity index (χ3v) is 4.46. The topological polar surface area (TPSA) is 61.9 Å². The van der Waals surface area contributed by atoms with Gasteiger partial charge in [0.05, 0.1) is 13.1 Å². The van der Waals surface area contributed by atoms with E-state index in [1.54, 1.807) is 0 Å². The maximum absolute atomic E-state index is 12.2. The van der Waals surface area contributed by atoms with Crippen molar-refractivity contribution in [3.8, 4) is 0 Å². The number of rotatable bonds is 4. The van der Waals surface area contributed by atoms with Gasteiger partial charge in [0.15, 0.2) is 0 Å². The molecule has 0 saturated carbocycles. The van der Waals surface area contributed by atoms with Crippen LogP contribution < -0.4 is 5.32 Å². The maximum atomic E-state index is 12.2. The predicted octanol–water partition coefficient (Wildman–Crippen LogP) is 1.59. The summed E-state index contributed by atoms with van der Waals surface area (Å²) in [6.45, 7) is 17.4. The van der Waals surface area contributed by atoms with Gasteiger partial charge in [0, 0.05) is 44.0 Å². The summed E-state index contributed by atoms with van der Waals surface area (Å²) in [7, 11) is 0. The maximum Gasteiger partial charge on any atom is 0.320 e. The smallest absolute Gasteiger partial charge is 0.320 e. The van der Waals surface area contributed by atoms with E-state index in [-0.39, 0.29) is 22.4 Å². The van der Waals surface area contributed by atoms with Gasteiger partial charge in [0.1, 0.15) is 5.60 Å². The predicted molar refractivity (Wildman–Crippen MR) is 104 cm³/mol. The minimum Gasteiger partial charge on any atom is -0.459 e. The van der Waals surface area contributed by atoms with Crippen molar-refractivity contribution in [2.24, 2.45) is 0 Å². The van der Waals surface area contributed by atoms with Crippen molar-refractivity contribution >= 4 is 22.8 Å². The monoisotopic (exact) mass is 373 g/mol. The van der Waals surface area contributed by atoms with Crippen LogP contribution in [0.4, 0.5) is 0 Å². The molecule has 0 aromatic heterocycles. The molecule has 146 valence electrons. The second-order valence-corrected chi connectivity index (χ2v) is 10.4. The quantitative estimate of drug-likeness (QED) is 0.751. The van der Waals surface area contributed by atoms with E-state index in [4.69, 9.17) is 4.74 Å². The van der Waals surface area contributed by atoms with Gasteiger partial charge in [-0.2, -0.15) is 0 Å². The molecule has 25 heavy (non-hydrogen) atoms. The number of nitrogens with one attached hydrogen (secondary N) is 1. The zero-order chi connectivity index (χ0) is 19.1. The molecule has 0 amide bonds. The van der Waals surface area contributed by atoms with Crippen LogP contribution >= 0.6 is 11.8 Å². The molecule has 1 heterocycles. The fourth-order valence-corrected chi connectivity index (χ4v) is 3.46. The van der Waals surface area contributed by atoms with Gasteiger partial charge in [0.2, 0.25) is 5.12 Å². The van der Waals surface area contributed by atoms with Crippen LogP contribution in [0, 0.1) is 0 Å². The summed E-state index contributed by atoms with van der Waals surface area (Å²) in [5.41, 5.74) is -0.461. The van der Waals surface area contributed by atoms with Crippen LogP contribution in [0.5, 0.6) is 0 Å². The number of nitrogens with zero attached hydrogens (tertiary/aromatic N) is 2. The van der Waals surface area contributed by atoms with Crippen molar-refractivity contribution in [3.63, 3.8) is 0 Å². The number of carbonyl (C=O) groups is 2. The summed E-state index contributed by atoms with van der Waals surface area (Å²) < 4.78 is 5.36. The molecule has 0 spiro atoms. The second kappa shape index (κ2) is 9.90. The van der Waals surface area contributed by atoms with Crippen molar-refractivity contribution in [1.29, 1.82) is 0 Å². The first-order valence-electron chi connectivity index (χ1n) is 9.04. The van der Waals surface area contributed by atoms with Crippen LogP contribution in [-0.2, 0) is 14.3 Å². The Balaban J connectivity index is 2.53. The van der Waals surface area contributed by atoms with Crippen molar-refractivity contribution in [2.45, 2.75) is 51.9 Å². The Bertz CT molecular complexity index is 404. The highest BCUT2D eigenvalue weighted by molar-refractivity contribution is 8.14. The molecular formula is C18H35N3O3S. The summed E-state index contributed by atoms with van der Waals surface area (Å²) in [6.07, 6.45) is 0. The highest BCUT2D eigenvalue weighted by Crippen LogP contribution is 2.24. The van der Waals surface area contributed by atoms with Crippen LogP contribution in [0.3, 0.4) is 0 Å². The molecule has 0 aliphatic carbocycles. The average Bonchev–Trinajstić information content (AvgIpc) is 2.48. The molecule has 1 aliphatic heterocycles. The zero-order valence-electron chi connectivity index (χ0n) is 16.7. The fraction of sp³-hybridized carbons (Fsp3) is 0.889. The minimum absolute atomic E-state index is 0.0578. The average molecular weight is 374 g/mol. The van der Waals surface area contributed by atoms with Crippen LogP contribution in [0.15, 0.2) is 0 Å². The highest BCUT2D eigenvalue weighted by atomic mass is 32.2. The third-order valence-electron chi connectivity index (χ3n) is 3.49. The normalized spacial score (nSPS) is 19.0. The fourth-order valence-electron chi connectivity index (χ4n) is 2.53. The molecular weight excluding hydrogens is 338 g/mol. The first-order chi connectivity index (χ1) is 11.4. The SMILES string of the molecule is CC(C)(C)OC(=O)CN1CCNCCN(CC(=O)SC(C)(C)C)CC1. The zero-order valence-corrected chi connectivity index (χ0v) is 17.5. The van der Waals surface area contributed by atoms with Crippen LogP contribution in [0.2, 0.25) is 0 Å². The summed E-state index contributed by atoms with van der Waals surface area (Å²) in [5.74, 6) is -0.197. The van der Waals surface area contributed by atoms with Gasteiger partial charge in [0.25, 0.3) is 0 Å². The molecule has 1 fully saturated rings. The Morgan fingerprint density at radius 2 is 1.44 bits per heavy atom. The molecule has 1 N–H and O–H groups in total. The van der Waals surface area contributed by atoms with Gasteiger partial charge in [-0.1, -0.05) is 32.5 Å². The highest BCUT2D eigenvalue weighted by Gasteiger charge is 2.22. The number of ether oxygens (including phenoxy) is 1. The second-order valence-electron chi connectivity index (χ2n) is 8.48. The van der Waals surface area contributed by atoms with Crippen molar-refractivity contribution < 1.29 is 14.3 Å². The van der Waals surface area contributed by atoms with Crippen LogP contribution in [0.1, 0.15) is 41.5 Å². The molecule has 6 nitrogen and oxygen atoms in total. The molecule has 0 unspecified atom stereocenters. The Morgan fingerprint density at radius 3 is 1.92 bits per heavy atom. The van der Waals surface area contributed by atoms with E-state index in [0.717, 1.165) is 39.3 Å². The lowest BCUT2D eigenvalue weighted by Gasteiger charge is -2.27. The first kappa shape index (κ1) is 22.4. The molecule has 1 saturated heterocycles. The van der Waals surface area contributed by atoms with Crippen molar-refractivity contribution in [2.75, 3.05) is 52.4 Å². The lowest BCUT2D eigenvalue weighted by molar-refractivity contribution is -0.156. The van der Waals surface area contributed by atoms with E-state index in [2.05, 4.69) is 35.9 Å². The molecule has 0 radical (unpaired) electrons. The number of esters is 1. The van der Waals surface area contributed by atoms with Gasteiger partial charge in [-0.15, -0.1) is 0 Å². The van der Waals surface area contributed by atoms with E-state index in [0.29, 0.717) is 6.54 Å². The summed E-state index contributed by atoms with van der Waals surface area (Å²) in [4.78, 5) is 28.6. The molecule has 7 heteroatoms. The van der Waals surface area contributed by atoms with Gasteiger partial charge < -0.3 is 10.1 Å². The van der Waals surface area contributed by atoms with E-state index in [9.17, 15) is 9.59 Å². The summed E-state index contributed by atoms with van der Waals surface area (Å²) in [5, 5.41) is 3.58. The van der Waals surface area contributed by atoms with E-state index in [1.807, 2.05) is 20.8 Å². The number of hydrogen-bond donors (Lipinski definition) is 1. The molecule has 0 aromatic carbocycles. The molecule has 1 aliphatic rings. The van der Waals surface area contributed by atoms with Crippen LogP contribution in [0.25, 0.3) is 0 Å².